The minimum atomic E-state index is 0.0911. The second kappa shape index (κ2) is 13.2. The molecule has 0 aliphatic rings. The maximum Gasteiger partial charge on any atom is 0.119 e. The number of hydrogen-bond donors (Lipinski definition) is 1. The summed E-state index contributed by atoms with van der Waals surface area (Å²) in [4.78, 5) is 0. The van der Waals surface area contributed by atoms with Crippen molar-refractivity contribution in [2.45, 2.75) is 130 Å². The van der Waals surface area contributed by atoms with Crippen molar-refractivity contribution in [1.82, 2.24) is 0 Å². The molecular formula is C26H46O. The lowest BCUT2D eigenvalue weighted by Gasteiger charge is -2.27. The minimum absolute atomic E-state index is 0.0911. The predicted molar refractivity (Wildman–Crippen MR) is 121 cm³/mol. The third kappa shape index (κ3) is 9.17. The molecule has 1 heteroatoms. The molecule has 0 aromatic heterocycles. The Balaban J connectivity index is 2.73. The van der Waals surface area contributed by atoms with E-state index in [2.05, 4.69) is 40.7 Å². The normalized spacial score (nSPS) is 11.9. The van der Waals surface area contributed by atoms with Crippen molar-refractivity contribution in [3.8, 4) is 5.75 Å². The molecule has 0 saturated heterocycles. The van der Waals surface area contributed by atoms with Crippen molar-refractivity contribution in [1.29, 1.82) is 0 Å². The number of phenols is 1. The second-order valence-electron chi connectivity index (χ2n) is 9.38. The lowest BCUT2D eigenvalue weighted by Crippen LogP contribution is -2.18. The number of benzene rings is 1. The Labute approximate surface area is 170 Å². The quantitative estimate of drug-likeness (QED) is 0.324. The van der Waals surface area contributed by atoms with Crippen LogP contribution in [0.1, 0.15) is 128 Å². The van der Waals surface area contributed by atoms with Crippen molar-refractivity contribution < 1.29 is 5.11 Å². The Kier molecular flexibility index (Phi) is 11.8. The molecule has 0 spiro atoms. The molecule has 27 heavy (non-hydrogen) atoms. The van der Waals surface area contributed by atoms with Crippen LogP contribution in [0.2, 0.25) is 0 Å². The first-order chi connectivity index (χ1) is 12.9. The summed E-state index contributed by atoms with van der Waals surface area (Å²) in [6.45, 7) is 11.5. The summed E-state index contributed by atoms with van der Waals surface area (Å²) in [7, 11) is 0. The summed E-state index contributed by atoms with van der Waals surface area (Å²) in [6, 6.07) is 4.14. The maximum atomic E-state index is 10.6. The predicted octanol–water partition coefficient (Wildman–Crippen LogP) is 8.50. The highest BCUT2D eigenvalue weighted by atomic mass is 16.3. The van der Waals surface area contributed by atoms with Gasteiger partial charge in [0.05, 0.1) is 0 Å². The molecule has 0 radical (unpaired) electrons. The fraction of sp³-hybridized carbons (Fsp3) is 0.769. The summed E-state index contributed by atoms with van der Waals surface area (Å²) in [5.41, 5.74) is 4.20. The molecule has 0 saturated carbocycles. The van der Waals surface area contributed by atoms with Crippen molar-refractivity contribution >= 4 is 0 Å². The van der Waals surface area contributed by atoms with Crippen LogP contribution in [0.5, 0.6) is 5.75 Å². The number of phenolic OH excluding ortho intramolecular Hbond substituents is 1. The second-order valence-corrected chi connectivity index (χ2v) is 9.38. The van der Waals surface area contributed by atoms with E-state index >= 15 is 0 Å². The molecule has 1 N–H and O–H groups in total. The fourth-order valence-electron chi connectivity index (χ4n) is 4.26. The van der Waals surface area contributed by atoms with Crippen LogP contribution in [-0.4, -0.2) is 5.11 Å². The minimum Gasteiger partial charge on any atom is -0.508 e. The van der Waals surface area contributed by atoms with Crippen molar-refractivity contribution in [3.63, 3.8) is 0 Å². The zero-order chi connectivity index (χ0) is 20.1. The van der Waals surface area contributed by atoms with Gasteiger partial charge in [0.15, 0.2) is 0 Å². The molecule has 0 fully saturated rings. The molecule has 156 valence electrons. The van der Waals surface area contributed by atoms with Gasteiger partial charge in [-0.1, -0.05) is 105 Å². The topological polar surface area (TPSA) is 20.2 Å². The smallest absolute Gasteiger partial charge is 0.119 e. The SMILES string of the molecule is CCCCCCCCc1ccc(O)c(CCCCCCCC)c1C(C)(C)C. The van der Waals surface area contributed by atoms with E-state index in [1.54, 1.807) is 0 Å². The number of aromatic hydroxyl groups is 1. The largest absolute Gasteiger partial charge is 0.508 e. The van der Waals surface area contributed by atoms with Gasteiger partial charge < -0.3 is 5.11 Å². The van der Waals surface area contributed by atoms with Gasteiger partial charge >= 0.3 is 0 Å². The molecular weight excluding hydrogens is 328 g/mol. The fourth-order valence-corrected chi connectivity index (χ4v) is 4.26. The highest BCUT2D eigenvalue weighted by molar-refractivity contribution is 5.48. The molecule has 0 aliphatic carbocycles. The van der Waals surface area contributed by atoms with Crippen molar-refractivity contribution in [3.05, 3.63) is 28.8 Å². The summed E-state index contributed by atoms with van der Waals surface area (Å²) in [5, 5.41) is 10.6. The number of aryl methyl sites for hydroxylation is 1. The molecule has 1 rings (SSSR count). The number of rotatable bonds is 14. The number of hydrogen-bond acceptors (Lipinski definition) is 1. The van der Waals surface area contributed by atoms with E-state index in [1.807, 2.05) is 6.07 Å². The van der Waals surface area contributed by atoms with Crippen LogP contribution < -0.4 is 0 Å². The van der Waals surface area contributed by atoms with Crippen LogP contribution in [0, 0.1) is 0 Å². The molecule has 0 unspecified atom stereocenters. The zero-order valence-corrected chi connectivity index (χ0v) is 19.0. The molecule has 0 heterocycles. The molecule has 0 amide bonds. The van der Waals surface area contributed by atoms with Crippen LogP contribution in [0.3, 0.4) is 0 Å². The van der Waals surface area contributed by atoms with E-state index < -0.39 is 0 Å². The van der Waals surface area contributed by atoms with E-state index in [-0.39, 0.29) is 5.41 Å². The average Bonchev–Trinajstić information content (AvgIpc) is 2.61. The van der Waals surface area contributed by atoms with E-state index in [4.69, 9.17) is 0 Å². The van der Waals surface area contributed by atoms with Gasteiger partial charge in [-0.15, -0.1) is 0 Å². The van der Waals surface area contributed by atoms with Gasteiger partial charge in [-0.2, -0.15) is 0 Å². The summed E-state index contributed by atoms with van der Waals surface area (Å²) < 4.78 is 0. The van der Waals surface area contributed by atoms with Gasteiger partial charge in [-0.3, -0.25) is 0 Å². The van der Waals surface area contributed by atoms with Gasteiger partial charge in [-0.25, -0.2) is 0 Å². The number of unbranched alkanes of at least 4 members (excludes halogenated alkanes) is 10. The molecule has 0 atom stereocenters. The first-order valence-electron chi connectivity index (χ1n) is 11.8. The average molecular weight is 375 g/mol. The lowest BCUT2D eigenvalue weighted by molar-refractivity contribution is 0.457. The Hall–Kier alpha value is -0.980. The highest BCUT2D eigenvalue weighted by Crippen LogP contribution is 2.36. The van der Waals surface area contributed by atoms with Crippen LogP contribution >= 0.6 is 0 Å². The van der Waals surface area contributed by atoms with E-state index in [1.165, 1.54) is 93.7 Å². The summed E-state index contributed by atoms with van der Waals surface area (Å²) in [5.74, 6) is 0.514. The third-order valence-electron chi connectivity index (χ3n) is 5.70. The van der Waals surface area contributed by atoms with Crippen LogP contribution in [0.4, 0.5) is 0 Å². The standard InChI is InChI=1S/C26H46O/c1-6-8-10-12-14-16-18-22-20-21-24(27)23(25(22)26(3,4)5)19-17-15-13-11-9-7-2/h20-21,27H,6-19H2,1-5H3. The summed E-state index contributed by atoms with van der Waals surface area (Å²) >= 11 is 0. The Morgan fingerprint density at radius 1 is 0.667 bits per heavy atom. The molecule has 1 nitrogen and oxygen atoms in total. The van der Waals surface area contributed by atoms with Crippen molar-refractivity contribution in [2.75, 3.05) is 0 Å². The van der Waals surface area contributed by atoms with E-state index in [9.17, 15) is 5.11 Å². The maximum absolute atomic E-state index is 10.6. The molecule has 1 aromatic carbocycles. The first kappa shape index (κ1) is 24.1. The van der Waals surface area contributed by atoms with E-state index in [0.717, 1.165) is 12.8 Å². The first-order valence-corrected chi connectivity index (χ1v) is 11.8. The molecule has 0 aliphatic heterocycles. The Morgan fingerprint density at radius 3 is 1.67 bits per heavy atom. The van der Waals surface area contributed by atoms with Crippen molar-refractivity contribution in [2.24, 2.45) is 0 Å². The van der Waals surface area contributed by atoms with Gasteiger partial charge in [-0.05, 0) is 53.9 Å². The van der Waals surface area contributed by atoms with Crippen LogP contribution in [0.15, 0.2) is 12.1 Å². The zero-order valence-electron chi connectivity index (χ0n) is 19.0. The van der Waals surface area contributed by atoms with Gasteiger partial charge in [0.2, 0.25) is 0 Å². The Morgan fingerprint density at radius 2 is 1.15 bits per heavy atom. The Bertz CT molecular complexity index is 510. The van der Waals surface area contributed by atoms with Gasteiger partial charge in [0, 0.05) is 0 Å². The monoisotopic (exact) mass is 374 g/mol. The van der Waals surface area contributed by atoms with Gasteiger partial charge in [0.1, 0.15) is 5.75 Å². The summed E-state index contributed by atoms with van der Waals surface area (Å²) in [6.07, 6.45) is 18.0. The van der Waals surface area contributed by atoms with Crippen LogP contribution in [0.25, 0.3) is 0 Å². The highest BCUT2D eigenvalue weighted by Gasteiger charge is 2.23. The molecule has 1 aromatic rings. The lowest BCUT2D eigenvalue weighted by atomic mass is 9.78. The van der Waals surface area contributed by atoms with E-state index in [0.29, 0.717) is 5.75 Å². The third-order valence-corrected chi connectivity index (χ3v) is 5.70. The van der Waals surface area contributed by atoms with Crippen LogP contribution in [-0.2, 0) is 18.3 Å². The molecule has 0 bridgehead atoms. The van der Waals surface area contributed by atoms with Gasteiger partial charge in [0.25, 0.3) is 0 Å².